The molecule has 5 aliphatic rings. The van der Waals surface area contributed by atoms with Gasteiger partial charge in [0.15, 0.2) is 5.72 Å². The molecule has 25 heavy (non-hydrogen) atoms. The molecule has 4 aliphatic carbocycles. The predicted molar refractivity (Wildman–Crippen MR) is 91.2 cm³/mol. The lowest BCUT2D eigenvalue weighted by Gasteiger charge is -2.61. The van der Waals surface area contributed by atoms with E-state index in [1.807, 2.05) is 0 Å². The van der Waals surface area contributed by atoms with E-state index >= 15 is 0 Å². The molecule has 7 atom stereocenters. The maximum atomic E-state index is 11.9. The first kappa shape index (κ1) is 16.3. The number of aliphatic hydroxyl groups excluding tert-OH is 1. The van der Waals surface area contributed by atoms with Gasteiger partial charge in [0.05, 0.1) is 12.2 Å². The molecule has 0 aromatic rings. The van der Waals surface area contributed by atoms with Gasteiger partial charge in [-0.3, -0.25) is 4.79 Å². The molecule has 2 bridgehead atoms. The largest absolute Gasteiger partial charge is 0.393 e. The van der Waals surface area contributed by atoms with Gasteiger partial charge in [0.2, 0.25) is 5.91 Å². The lowest BCUT2D eigenvalue weighted by molar-refractivity contribution is -0.131. The molecule has 0 aromatic heterocycles. The number of fused-ring (bicyclic) bond motifs is 5. The average molecular weight is 347 g/mol. The molecular formula is C20H29NO4. The van der Waals surface area contributed by atoms with E-state index in [9.17, 15) is 20.1 Å². The summed E-state index contributed by atoms with van der Waals surface area (Å²) in [5, 5.41) is 34.4. The van der Waals surface area contributed by atoms with E-state index in [0.29, 0.717) is 18.8 Å². The van der Waals surface area contributed by atoms with Crippen LogP contribution in [0.15, 0.2) is 11.6 Å². The molecule has 5 heteroatoms. The Bertz CT molecular complexity index is 677. The lowest BCUT2D eigenvalue weighted by atomic mass is 9.43. The van der Waals surface area contributed by atoms with Crippen molar-refractivity contribution in [1.29, 1.82) is 0 Å². The Morgan fingerprint density at radius 2 is 2.00 bits per heavy atom. The molecule has 5 nitrogen and oxygen atoms in total. The summed E-state index contributed by atoms with van der Waals surface area (Å²) < 4.78 is 0. The molecule has 1 aliphatic heterocycles. The van der Waals surface area contributed by atoms with Gasteiger partial charge in [-0.1, -0.05) is 6.92 Å². The Balaban J connectivity index is 1.54. The van der Waals surface area contributed by atoms with Crippen LogP contribution in [0.4, 0.5) is 0 Å². The minimum Gasteiger partial charge on any atom is -0.393 e. The van der Waals surface area contributed by atoms with Crippen molar-refractivity contribution in [2.24, 2.45) is 28.6 Å². The van der Waals surface area contributed by atoms with Crippen molar-refractivity contribution in [2.45, 2.75) is 69.6 Å². The van der Waals surface area contributed by atoms with E-state index in [-0.39, 0.29) is 35.2 Å². The quantitative estimate of drug-likeness (QED) is 0.578. The number of carbonyl (C=O) groups excluding carboxylic acids is 1. The molecule has 4 fully saturated rings. The topological polar surface area (TPSA) is 89.8 Å². The number of rotatable bonds is 1. The minimum atomic E-state index is -1.13. The van der Waals surface area contributed by atoms with E-state index in [1.165, 1.54) is 0 Å². The first-order valence-corrected chi connectivity index (χ1v) is 9.85. The molecule has 1 spiro atoms. The first-order valence-electron chi connectivity index (χ1n) is 9.85. The highest BCUT2D eigenvalue weighted by molar-refractivity contribution is 5.92. The number of amides is 1. The van der Waals surface area contributed by atoms with Gasteiger partial charge in [0.25, 0.3) is 0 Å². The predicted octanol–water partition coefficient (Wildman–Crippen LogP) is 1.47. The van der Waals surface area contributed by atoms with Crippen molar-refractivity contribution in [3.63, 3.8) is 0 Å². The van der Waals surface area contributed by atoms with Crippen molar-refractivity contribution in [2.75, 3.05) is 6.61 Å². The van der Waals surface area contributed by atoms with Gasteiger partial charge in [-0.25, -0.2) is 0 Å². The van der Waals surface area contributed by atoms with Crippen LogP contribution in [0.5, 0.6) is 0 Å². The molecule has 1 amide bonds. The van der Waals surface area contributed by atoms with Crippen LogP contribution in [-0.4, -0.2) is 39.2 Å². The highest BCUT2D eigenvalue weighted by atomic mass is 16.3. The molecule has 0 aromatic carbocycles. The summed E-state index contributed by atoms with van der Waals surface area (Å²) >= 11 is 0. The zero-order valence-corrected chi connectivity index (χ0v) is 14.9. The van der Waals surface area contributed by atoms with Gasteiger partial charge in [-0.05, 0) is 85.5 Å². The zero-order valence-electron chi connectivity index (χ0n) is 14.9. The van der Waals surface area contributed by atoms with E-state index in [1.54, 1.807) is 6.08 Å². The van der Waals surface area contributed by atoms with Crippen LogP contribution in [0.25, 0.3) is 0 Å². The normalized spacial score (nSPS) is 56.6. The molecule has 138 valence electrons. The summed E-state index contributed by atoms with van der Waals surface area (Å²) in [6, 6.07) is 0. The van der Waals surface area contributed by atoms with E-state index in [4.69, 9.17) is 0 Å². The molecule has 4 saturated carbocycles. The van der Waals surface area contributed by atoms with Crippen molar-refractivity contribution in [1.82, 2.24) is 5.32 Å². The minimum absolute atomic E-state index is 0.0638. The standard InChI is InChI=1S/C20H29NO4/c1-17-6-7-20(25)14(8-16(23)21-20)13(17)4-5-18-9-12(2-3-15(17)18)19(24,10-18)11-22/h8,12-13,15,22,24-25H,2-7,9-11H2,1H3,(H,21,23)/t12-,13-,15+,17-,18+,19+,20+/m1/s1. The van der Waals surface area contributed by atoms with Gasteiger partial charge in [-0.15, -0.1) is 0 Å². The van der Waals surface area contributed by atoms with Crippen molar-refractivity contribution < 1.29 is 20.1 Å². The Labute approximate surface area is 148 Å². The Morgan fingerprint density at radius 1 is 1.20 bits per heavy atom. The summed E-state index contributed by atoms with van der Waals surface area (Å²) in [7, 11) is 0. The third-order valence-electron chi connectivity index (χ3n) is 8.91. The van der Waals surface area contributed by atoms with Crippen molar-refractivity contribution >= 4 is 5.91 Å². The Kier molecular flexibility index (Phi) is 3.04. The van der Waals surface area contributed by atoms with Crippen LogP contribution >= 0.6 is 0 Å². The van der Waals surface area contributed by atoms with E-state index in [0.717, 1.165) is 44.1 Å². The van der Waals surface area contributed by atoms with Crippen LogP contribution in [0.3, 0.4) is 0 Å². The monoisotopic (exact) mass is 347 g/mol. The average Bonchev–Trinajstić information content (AvgIpc) is 2.98. The molecule has 0 radical (unpaired) electrons. The van der Waals surface area contributed by atoms with Gasteiger partial charge in [-0.2, -0.15) is 0 Å². The van der Waals surface area contributed by atoms with Crippen LogP contribution < -0.4 is 5.32 Å². The fraction of sp³-hybridized carbons (Fsp3) is 0.850. The molecule has 4 N–H and O–H groups in total. The first-order chi connectivity index (χ1) is 11.7. The summed E-state index contributed by atoms with van der Waals surface area (Å²) in [6.45, 7) is 2.22. The Hall–Kier alpha value is -0.910. The van der Waals surface area contributed by atoms with Crippen molar-refractivity contribution in [3.05, 3.63) is 11.6 Å². The van der Waals surface area contributed by atoms with Crippen LogP contribution in [0.1, 0.15) is 58.3 Å². The Morgan fingerprint density at radius 3 is 2.76 bits per heavy atom. The second-order valence-electron chi connectivity index (χ2n) is 9.88. The van der Waals surface area contributed by atoms with Gasteiger partial charge in [0.1, 0.15) is 0 Å². The molecule has 5 rings (SSSR count). The number of hydrogen-bond donors (Lipinski definition) is 4. The van der Waals surface area contributed by atoms with E-state index in [2.05, 4.69) is 12.2 Å². The molecule has 1 heterocycles. The van der Waals surface area contributed by atoms with Crippen LogP contribution in [0, 0.1) is 28.6 Å². The van der Waals surface area contributed by atoms with Gasteiger partial charge in [0, 0.05) is 6.08 Å². The van der Waals surface area contributed by atoms with E-state index < -0.39 is 11.3 Å². The van der Waals surface area contributed by atoms with Crippen molar-refractivity contribution in [3.8, 4) is 0 Å². The van der Waals surface area contributed by atoms with Gasteiger partial charge >= 0.3 is 0 Å². The summed E-state index contributed by atoms with van der Waals surface area (Å²) in [4.78, 5) is 11.9. The van der Waals surface area contributed by atoms with Crippen LogP contribution in [0.2, 0.25) is 0 Å². The molecular weight excluding hydrogens is 318 g/mol. The fourth-order valence-electron chi connectivity index (χ4n) is 7.88. The summed E-state index contributed by atoms with van der Waals surface area (Å²) in [6.07, 6.45) is 8.93. The lowest BCUT2D eigenvalue weighted by Crippen LogP contribution is -2.59. The highest BCUT2D eigenvalue weighted by Gasteiger charge is 2.67. The third-order valence-corrected chi connectivity index (χ3v) is 8.91. The number of aliphatic hydroxyl groups is 3. The maximum Gasteiger partial charge on any atom is 0.246 e. The molecule has 0 saturated heterocycles. The summed E-state index contributed by atoms with van der Waals surface area (Å²) in [5.41, 5.74) is -0.952. The highest BCUT2D eigenvalue weighted by Crippen LogP contribution is 2.72. The number of carbonyl (C=O) groups is 1. The van der Waals surface area contributed by atoms with Crippen LogP contribution in [-0.2, 0) is 4.79 Å². The molecule has 0 unspecified atom stereocenters. The second kappa shape index (κ2) is 4.68. The summed E-state index contributed by atoms with van der Waals surface area (Å²) in [5.74, 6) is 0.793. The smallest absolute Gasteiger partial charge is 0.246 e. The number of nitrogens with one attached hydrogen (secondary N) is 1. The third kappa shape index (κ3) is 1.87. The fourth-order valence-corrected chi connectivity index (χ4v) is 7.88. The number of hydrogen-bond acceptors (Lipinski definition) is 4. The maximum absolute atomic E-state index is 11.9. The SMILES string of the molecule is C[C@@]12CC[C@@]3(O)NC(=O)C=C3[C@H]1CC[C@@]13C[C@@H](CC[C@H]12)[C@@](O)(CO)C3. The van der Waals surface area contributed by atoms with Gasteiger partial charge < -0.3 is 20.6 Å². The zero-order chi connectivity index (χ0) is 17.7. The second-order valence-corrected chi connectivity index (χ2v) is 9.88.